The van der Waals surface area contributed by atoms with Crippen LogP contribution in [0.15, 0.2) is 41.3 Å². The van der Waals surface area contributed by atoms with Crippen molar-refractivity contribution in [1.29, 1.82) is 0 Å². The fraction of sp³-hybridized carbons (Fsp3) is 0.423. The van der Waals surface area contributed by atoms with Gasteiger partial charge in [-0.15, -0.1) is 11.3 Å². The highest BCUT2D eigenvalue weighted by Crippen LogP contribution is 2.44. The Morgan fingerprint density at radius 3 is 2.76 bits per heavy atom. The molecule has 0 saturated carbocycles. The summed E-state index contributed by atoms with van der Waals surface area (Å²) in [5.41, 5.74) is 8.08. The molecule has 1 fully saturated rings. The molecule has 1 aliphatic carbocycles. The molecule has 2 aromatic heterocycles. The molecule has 4 heterocycles. The van der Waals surface area contributed by atoms with E-state index in [4.69, 9.17) is 9.82 Å². The molecule has 1 saturated heterocycles. The van der Waals surface area contributed by atoms with Crippen molar-refractivity contribution in [2.75, 3.05) is 13.1 Å². The quantitative estimate of drug-likeness (QED) is 0.515. The zero-order chi connectivity index (χ0) is 25.7. The van der Waals surface area contributed by atoms with Crippen LogP contribution in [0, 0.1) is 6.92 Å². The molecule has 3 aromatic rings. The Morgan fingerprint density at radius 1 is 1.22 bits per heavy atom. The molecule has 0 spiro atoms. The zero-order valence-corrected chi connectivity index (χ0v) is 21.0. The third-order valence-corrected chi connectivity index (χ3v) is 8.46. The first-order valence-electron chi connectivity index (χ1n) is 12.4. The van der Waals surface area contributed by atoms with Gasteiger partial charge in [-0.3, -0.25) is 19.8 Å². The molecule has 1 atom stereocenters. The maximum Gasteiger partial charge on any atom is 0.435 e. The number of alkyl halides is 3. The Balaban J connectivity index is 1.09. The van der Waals surface area contributed by atoms with Crippen LogP contribution in [0.5, 0.6) is 0 Å². The van der Waals surface area contributed by atoms with E-state index < -0.39 is 11.9 Å². The summed E-state index contributed by atoms with van der Waals surface area (Å²) in [6.07, 6.45) is -1.17. The van der Waals surface area contributed by atoms with Crippen LogP contribution in [0.25, 0.3) is 5.70 Å². The molecule has 11 heteroatoms. The molecule has 3 aliphatic rings. The predicted molar refractivity (Wildman–Crippen MR) is 131 cm³/mol. The monoisotopic (exact) mass is 529 g/mol. The molecule has 0 radical (unpaired) electrons. The van der Waals surface area contributed by atoms with E-state index in [0.717, 1.165) is 52.8 Å². The molecule has 1 aromatic carbocycles. The molecule has 1 N–H and O–H groups in total. The maximum absolute atomic E-state index is 12.9. The number of hydroxylamine groups is 1. The second-order valence-corrected chi connectivity index (χ2v) is 10.6. The highest BCUT2D eigenvalue weighted by atomic mass is 32.1. The van der Waals surface area contributed by atoms with Gasteiger partial charge in [-0.25, -0.2) is 4.98 Å². The summed E-state index contributed by atoms with van der Waals surface area (Å²) in [7, 11) is 0. The molecule has 1 amide bonds. The number of nitrogens with zero attached hydrogens (tertiary/aromatic N) is 4. The predicted octanol–water partition coefficient (Wildman–Crippen LogP) is 5.01. The Morgan fingerprint density at radius 2 is 2.00 bits per heavy atom. The second-order valence-electron chi connectivity index (χ2n) is 9.75. The molecular formula is C26H26F3N5O2S. The minimum atomic E-state index is -4.52. The summed E-state index contributed by atoms with van der Waals surface area (Å²) in [5.74, 6) is 0.0166. The number of nitrogens with one attached hydrogen (secondary N) is 1. The number of benzene rings is 1. The van der Waals surface area contributed by atoms with Gasteiger partial charge in [0.1, 0.15) is 12.6 Å². The number of hydrogen-bond acceptors (Lipinski definition) is 6. The van der Waals surface area contributed by atoms with Gasteiger partial charge in [0.25, 0.3) is 0 Å². The number of aromatic nitrogens is 3. The number of thiazole rings is 1. The van der Waals surface area contributed by atoms with Crippen molar-refractivity contribution in [3.05, 3.63) is 74.5 Å². The first-order valence-corrected chi connectivity index (χ1v) is 13.2. The minimum Gasteiger partial charge on any atom is -0.341 e. The summed E-state index contributed by atoms with van der Waals surface area (Å²) < 4.78 is 39.9. The summed E-state index contributed by atoms with van der Waals surface area (Å²) >= 11 is 1.62. The van der Waals surface area contributed by atoms with Crippen LogP contribution >= 0.6 is 11.3 Å². The van der Waals surface area contributed by atoms with E-state index in [1.165, 1.54) is 23.6 Å². The summed E-state index contributed by atoms with van der Waals surface area (Å²) in [5, 5.41) is 6.67. The van der Waals surface area contributed by atoms with Gasteiger partial charge in [-0.2, -0.15) is 18.3 Å². The van der Waals surface area contributed by atoms with Crippen LogP contribution in [0.2, 0.25) is 0 Å². The van der Waals surface area contributed by atoms with E-state index in [0.29, 0.717) is 18.8 Å². The van der Waals surface area contributed by atoms with Gasteiger partial charge < -0.3 is 4.90 Å². The molecule has 7 nitrogen and oxygen atoms in total. The lowest BCUT2D eigenvalue weighted by atomic mass is 9.85. The standard InChI is InChI=1S/C26H26F3N5O2S/c1-15-12-21(26(27,28)29)31-34(15)13-22(35)33-10-8-17(9-11-33)25-30-20(14-37-25)23-19-7-6-16-4-2-3-5-18(16)24(19)36-32-23/h2-5,12,14,17,24,32H,6-11,13H2,1H3/t24-/m0/s1. The SMILES string of the molecule is Cc1cc(C(F)(F)F)nn1CC(=O)N1CCC(c2nc(C3=C4CCc5ccccc5[C@@H]4ON3)cs2)CC1. The normalized spacial score (nSPS) is 20.1. The molecule has 6 rings (SSSR count). The number of carbonyl (C=O) groups excluding carboxylic acids is 1. The second kappa shape index (κ2) is 9.29. The van der Waals surface area contributed by atoms with E-state index in [1.807, 2.05) is 6.07 Å². The van der Waals surface area contributed by atoms with E-state index in [2.05, 4.69) is 34.2 Å². The van der Waals surface area contributed by atoms with Crippen LogP contribution in [0.4, 0.5) is 13.2 Å². The van der Waals surface area contributed by atoms with Crippen LogP contribution in [0.1, 0.15) is 64.5 Å². The third kappa shape index (κ3) is 4.54. The van der Waals surface area contributed by atoms with Crippen molar-refractivity contribution in [2.24, 2.45) is 0 Å². The highest BCUT2D eigenvalue weighted by Gasteiger charge is 2.36. The topological polar surface area (TPSA) is 72.3 Å². The van der Waals surface area contributed by atoms with Crippen molar-refractivity contribution in [1.82, 2.24) is 25.1 Å². The Labute approximate surface area is 215 Å². The smallest absolute Gasteiger partial charge is 0.341 e. The Bertz CT molecular complexity index is 1370. The first-order chi connectivity index (χ1) is 17.8. The molecule has 0 unspecified atom stereocenters. The van der Waals surface area contributed by atoms with Crippen LogP contribution in [-0.4, -0.2) is 38.7 Å². The van der Waals surface area contributed by atoms with Gasteiger partial charge in [-0.1, -0.05) is 24.3 Å². The molecular weight excluding hydrogens is 503 g/mol. The molecule has 2 aliphatic heterocycles. The van der Waals surface area contributed by atoms with E-state index in [-0.39, 0.29) is 24.5 Å². The van der Waals surface area contributed by atoms with Crippen molar-refractivity contribution in [3.8, 4) is 0 Å². The third-order valence-electron chi connectivity index (χ3n) is 7.45. The van der Waals surface area contributed by atoms with Gasteiger partial charge in [-0.05, 0) is 55.4 Å². The fourth-order valence-electron chi connectivity index (χ4n) is 5.40. The number of piperidine rings is 1. The van der Waals surface area contributed by atoms with Crippen molar-refractivity contribution >= 4 is 22.9 Å². The number of rotatable bonds is 4. The summed E-state index contributed by atoms with van der Waals surface area (Å²) in [6.45, 7) is 2.41. The van der Waals surface area contributed by atoms with E-state index >= 15 is 0 Å². The average molecular weight is 530 g/mol. The zero-order valence-electron chi connectivity index (χ0n) is 20.2. The van der Waals surface area contributed by atoms with E-state index in [9.17, 15) is 18.0 Å². The summed E-state index contributed by atoms with van der Waals surface area (Å²) in [6, 6.07) is 9.34. The average Bonchev–Trinajstić information content (AvgIpc) is 3.62. The number of halogens is 3. The van der Waals surface area contributed by atoms with Crippen LogP contribution in [-0.2, 0) is 28.8 Å². The maximum atomic E-state index is 12.9. The van der Waals surface area contributed by atoms with Gasteiger partial charge in [0.15, 0.2) is 5.69 Å². The Hall–Kier alpha value is -3.18. The summed E-state index contributed by atoms with van der Waals surface area (Å²) in [4.78, 5) is 25.4. The molecule has 194 valence electrons. The van der Waals surface area contributed by atoms with Crippen molar-refractivity contribution in [3.63, 3.8) is 0 Å². The number of fused-ring (bicyclic) bond motifs is 3. The number of aryl methyl sites for hydroxylation is 2. The number of carbonyl (C=O) groups is 1. The number of amides is 1. The number of hydrogen-bond donors (Lipinski definition) is 1. The molecule has 0 bridgehead atoms. The van der Waals surface area contributed by atoms with E-state index in [1.54, 1.807) is 16.2 Å². The van der Waals surface area contributed by atoms with Gasteiger partial charge >= 0.3 is 6.18 Å². The van der Waals surface area contributed by atoms with Gasteiger partial charge in [0, 0.05) is 30.1 Å². The van der Waals surface area contributed by atoms with Crippen LogP contribution < -0.4 is 5.48 Å². The van der Waals surface area contributed by atoms with Crippen LogP contribution in [0.3, 0.4) is 0 Å². The minimum absolute atomic E-state index is 0.0787. The largest absolute Gasteiger partial charge is 0.435 e. The lowest BCUT2D eigenvalue weighted by molar-refractivity contribution is -0.142. The van der Waals surface area contributed by atoms with Crippen molar-refractivity contribution < 1.29 is 22.8 Å². The van der Waals surface area contributed by atoms with Gasteiger partial charge in [0.2, 0.25) is 5.91 Å². The fourth-order valence-corrected chi connectivity index (χ4v) is 6.38. The lowest BCUT2D eigenvalue weighted by Gasteiger charge is -2.31. The number of likely N-dealkylation sites (tertiary alicyclic amines) is 1. The highest BCUT2D eigenvalue weighted by molar-refractivity contribution is 7.09. The first kappa shape index (κ1) is 24.2. The lowest BCUT2D eigenvalue weighted by Crippen LogP contribution is -2.40. The van der Waals surface area contributed by atoms with Gasteiger partial charge in [0.05, 0.1) is 16.4 Å². The van der Waals surface area contributed by atoms with Crippen molar-refractivity contribution in [2.45, 2.75) is 57.3 Å². The molecule has 37 heavy (non-hydrogen) atoms. The Kier molecular flexibility index (Phi) is 6.07.